The predicted molar refractivity (Wildman–Crippen MR) is 87.6 cm³/mol. The highest BCUT2D eigenvalue weighted by Gasteiger charge is 2.17. The largest absolute Gasteiger partial charge is 0.506 e. The smallest absolute Gasteiger partial charge is 0.240 e. The van der Waals surface area contributed by atoms with Crippen LogP contribution in [-0.4, -0.2) is 26.0 Å². The molecule has 0 aliphatic carbocycles. The van der Waals surface area contributed by atoms with Gasteiger partial charge in [-0.3, -0.25) is 4.79 Å². The number of hydrogen-bond donors (Lipinski definition) is 3. The van der Waals surface area contributed by atoms with Crippen LogP contribution in [0.4, 0.5) is 14.5 Å². The number of anilines is 1. The molecular weight excluding hydrogens is 354 g/mol. The molecule has 25 heavy (non-hydrogen) atoms. The van der Waals surface area contributed by atoms with Crippen molar-refractivity contribution < 1.29 is 27.1 Å². The van der Waals surface area contributed by atoms with E-state index in [0.717, 1.165) is 11.6 Å². The first kappa shape index (κ1) is 18.8. The minimum atomic E-state index is -4.07. The van der Waals surface area contributed by atoms with Crippen molar-refractivity contribution in [1.29, 1.82) is 0 Å². The Kier molecular flexibility index (Phi) is 5.70. The van der Waals surface area contributed by atoms with Crippen LogP contribution < -0.4 is 10.0 Å². The van der Waals surface area contributed by atoms with Crippen LogP contribution >= 0.6 is 0 Å². The van der Waals surface area contributed by atoms with Crippen molar-refractivity contribution in [1.82, 2.24) is 4.72 Å². The Morgan fingerprint density at radius 1 is 1.12 bits per heavy atom. The number of halogens is 2. The van der Waals surface area contributed by atoms with Gasteiger partial charge in [-0.25, -0.2) is 21.9 Å². The van der Waals surface area contributed by atoms with Gasteiger partial charge in [0.2, 0.25) is 15.9 Å². The number of sulfonamides is 1. The Labute approximate surface area is 143 Å². The monoisotopic (exact) mass is 370 g/mol. The van der Waals surface area contributed by atoms with Crippen LogP contribution in [-0.2, 0) is 14.8 Å². The van der Waals surface area contributed by atoms with Gasteiger partial charge in [-0.2, -0.15) is 0 Å². The van der Waals surface area contributed by atoms with Gasteiger partial charge in [0.15, 0.2) is 11.6 Å². The number of aromatic hydroxyl groups is 1. The van der Waals surface area contributed by atoms with Crippen LogP contribution in [0, 0.1) is 18.6 Å². The highest BCUT2D eigenvalue weighted by molar-refractivity contribution is 7.89. The quantitative estimate of drug-likeness (QED) is 0.680. The molecule has 2 rings (SSSR count). The molecule has 2 aromatic rings. The first-order valence-corrected chi connectivity index (χ1v) is 8.71. The number of carbonyl (C=O) groups is 1. The van der Waals surface area contributed by atoms with Crippen molar-refractivity contribution in [3.8, 4) is 5.75 Å². The normalized spacial score (nSPS) is 11.3. The summed E-state index contributed by atoms with van der Waals surface area (Å²) in [7, 11) is -4.07. The molecule has 0 unspecified atom stereocenters. The standard InChI is InChI=1S/C16H16F2N2O4S/c1-10-2-5-14(15(21)8-10)20-16(22)6-7-19-25(23,24)11-3-4-12(17)13(18)9-11/h2-5,8-9,19,21H,6-7H2,1H3,(H,20,22). The second-order valence-electron chi connectivity index (χ2n) is 5.29. The van der Waals surface area contributed by atoms with E-state index >= 15 is 0 Å². The number of aryl methyl sites for hydroxylation is 1. The maximum Gasteiger partial charge on any atom is 0.240 e. The third kappa shape index (κ3) is 4.97. The van der Waals surface area contributed by atoms with Crippen LogP contribution in [0.2, 0.25) is 0 Å². The summed E-state index contributed by atoms with van der Waals surface area (Å²) in [5, 5.41) is 12.1. The number of amides is 1. The lowest BCUT2D eigenvalue weighted by Gasteiger charge is -2.09. The fourth-order valence-electron chi connectivity index (χ4n) is 1.99. The lowest BCUT2D eigenvalue weighted by molar-refractivity contribution is -0.116. The first-order valence-electron chi connectivity index (χ1n) is 7.23. The number of hydrogen-bond acceptors (Lipinski definition) is 4. The van der Waals surface area contributed by atoms with Crippen molar-refractivity contribution in [2.45, 2.75) is 18.2 Å². The van der Waals surface area contributed by atoms with E-state index in [-0.39, 0.29) is 24.4 Å². The number of benzene rings is 2. The van der Waals surface area contributed by atoms with E-state index in [9.17, 15) is 27.1 Å². The van der Waals surface area contributed by atoms with Gasteiger partial charge >= 0.3 is 0 Å². The van der Waals surface area contributed by atoms with Crippen molar-refractivity contribution in [3.05, 3.63) is 53.6 Å². The zero-order valence-corrected chi connectivity index (χ0v) is 14.0. The minimum Gasteiger partial charge on any atom is -0.506 e. The molecule has 0 spiro atoms. The highest BCUT2D eigenvalue weighted by atomic mass is 32.2. The summed E-state index contributed by atoms with van der Waals surface area (Å²) in [6.45, 7) is 1.53. The topological polar surface area (TPSA) is 95.5 Å². The lowest BCUT2D eigenvalue weighted by Crippen LogP contribution is -2.28. The highest BCUT2D eigenvalue weighted by Crippen LogP contribution is 2.23. The summed E-state index contributed by atoms with van der Waals surface area (Å²) in [4.78, 5) is 11.4. The number of phenols is 1. The number of phenolic OH excluding ortho intramolecular Hbond substituents is 1. The Morgan fingerprint density at radius 2 is 1.84 bits per heavy atom. The zero-order chi connectivity index (χ0) is 18.6. The van der Waals surface area contributed by atoms with Gasteiger partial charge in [0.1, 0.15) is 5.75 Å². The molecule has 0 saturated carbocycles. The molecule has 0 heterocycles. The van der Waals surface area contributed by atoms with Crippen molar-refractivity contribution in [3.63, 3.8) is 0 Å². The van der Waals surface area contributed by atoms with Crippen LogP contribution in [0.1, 0.15) is 12.0 Å². The lowest BCUT2D eigenvalue weighted by atomic mass is 10.2. The molecule has 0 bridgehead atoms. The Morgan fingerprint density at radius 3 is 2.48 bits per heavy atom. The van der Waals surface area contributed by atoms with Gasteiger partial charge in [0.25, 0.3) is 0 Å². The second kappa shape index (κ2) is 7.58. The molecule has 0 atom stereocenters. The van der Waals surface area contributed by atoms with Crippen molar-refractivity contribution >= 4 is 21.6 Å². The fraction of sp³-hybridized carbons (Fsp3) is 0.188. The summed E-state index contributed by atoms with van der Waals surface area (Å²) in [6, 6.07) is 6.88. The molecule has 2 aromatic carbocycles. The second-order valence-corrected chi connectivity index (χ2v) is 7.06. The van der Waals surface area contributed by atoms with Crippen molar-refractivity contribution in [2.24, 2.45) is 0 Å². The van der Waals surface area contributed by atoms with Crippen LogP contribution in [0.25, 0.3) is 0 Å². The van der Waals surface area contributed by atoms with E-state index in [1.807, 2.05) is 0 Å². The van der Waals surface area contributed by atoms with Gasteiger partial charge < -0.3 is 10.4 Å². The van der Waals surface area contributed by atoms with E-state index in [4.69, 9.17) is 0 Å². The third-order valence-electron chi connectivity index (χ3n) is 3.27. The van der Waals surface area contributed by atoms with Gasteiger partial charge in [0, 0.05) is 13.0 Å². The molecule has 0 aromatic heterocycles. The Bertz CT molecular complexity index is 901. The van der Waals surface area contributed by atoms with E-state index in [2.05, 4.69) is 10.0 Å². The molecule has 0 radical (unpaired) electrons. The number of rotatable bonds is 6. The molecule has 9 heteroatoms. The molecule has 134 valence electrons. The molecule has 1 amide bonds. The van der Waals surface area contributed by atoms with E-state index in [1.54, 1.807) is 13.0 Å². The summed E-state index contributed by atoms with van der Waals surface area (Å²) >= 11 is 0. The SMILES string of the molecule is Cc1ccc(NC(=O)CCNS(=O)(=O)c2ccc(F)c(F)c2)c(O)c1. The van der Waals surface area contributed by atoms with Crippen LogP contribution in [0.5, 0.6) is 5.75 Å². The molecule has 0 fully saturated rings. The average molecular weight is 370 g/mol. The van der Waals surface area contributed by atoms with Crippen LogP contribution in [0.15, 0.2) is 41.3 Å². The zero-order valence-electron chi connectivity index (χ0n) is 13.2. The molecule has 3 N–H and O–H groups in total. The summed E-state index contributed by atoms with van der Waals surface area (Å²) in [5.74, 6) is -3.06. The van der Waals surface area contributed by atoms with Gasteiger partial charge in [-0.05, 0) is 42.8 Å². The van der Waals surface area contributed by atoms with Crippen LogP contribution in [0.3, 0.4) is 0 Å². The van der Waals surface area contributed by atoms with Gasteiger partial charge in [0.05, 0.1) is 10.6 Å². The Balaban J connectivity index is 1.92. The first-order chi connectivity index (χ1) is 11.7. The van der Waals surface area contributed by atoms with Gasteiger partial charge in [-0.1, -0.05) is 6.07 Å². The van der Waals surface area contributed by atoms with E-state index in [0.29, 0.717) is 12.1 Å². The molecular formula is C16H16F2N2O4S. The molecule has 6 nitrogen and oxygen atoms in total. The maximum atomic E-state index is 13.1. The number of nitrogens with one attached hydrogen (secondary N) is 2. The van der Waals surface area contributed by atoms with E-state index < -0.39 is 32.5 Å². The summed E-state index contributed by atoms with van der Waals surface area (Å²) in [5.41, 5.74) is 1.02. The summed E-state index contributed by atoms with van der Waals surface area (Å²) < 4.78 is 52.0. The minimum absolute atomic E-state index is 0.101. The average Bonchev–Trinajstić information content (AvgIpc) is 2.52. The van der Waals surface area contributed by atoms with Gasteiger partial charge in [-0.15, -0.1) is 0 Å². The molecule has 0 saturated heterocycles. The Hall–Kier alpha value is -2.52. The third-order valence-corrected chi connectivity index (χ3v) is 4.73. The maximum absolute atomic E-state index is 13.1. The van der Waals surface area contributed by atoms with E-state index in [1.165, 1.54) is 12.1 Å². The predicted octanol–water partition coefficient (Wildman–Crippen LogP) is 2.29. The molecule has 0 aliphatic heterocycles. The molecule has 0 aliphatic rings. The van der Waals surface area contributed by atoms with Crippen molar-refractivity contribution in [2.75, 3.05) is 11.9 Å². The number of carbonyl (C=O) groups excluding carboxylic acids is 1. The fourth-order valence-corrected chi connectivity index (χ4v) is 3.03. The summed E-state index contributed by atoms with van der Waals surface area (Å²) in [6.07, 6.45) is -0.212.